The van der Waals surface area contributed by atoms with Crippen molar-refractivity contribution in [2.75, 3.05) is 20.2 Å². The molecule has 4 N–H and O–H groups in total. The van der Waals surface area contributed by atoms with E-state index in [4.69, 9.17) is 9.47 Å². The second-order valence-electron chi connectivity index (χ2n) is 17.1. The highest BCUT2D eigenvalue weighted by Crippen LogP contribution is 2.72. The summed E-state index contributed by atoms with van der Waals surface area (Å²) < 4.78 is 12.8. The molecule has 296 valence electrons. The highest BCUT2D eigenvalue weighted by atomic mass is 16.5. The van der Waals surface area contributed by atoms with Crippen molar-refractivity contribution in [1.29, 1.82) is 0 Å². The van der Waals surface area contributed by atoms with Gasteiger partial charge in [0.1, 0.15) is 17.3 Å². The molecule has 3 aliphatic heterocycles. The highest BCUT2D eigenvalue weighted by molar-refractivity contribution is 6.07. The van der Waals surface area contributed by atoms with Crippen molar-refractivity contribution in [2.24, 2.45) is 40.9 Å². The van der Waals surface area contributed by atoms with Crippen molar-refractivity contribution < 1.29 is 29.3 Å². The zero-order valence-electron chi connectivity index (χ0n) is 33.0. The lowest BCUT2D eigenvalue weighted by molar-refractivity contribution is -0.135. The minimum atomic E-state index is -0.851. The summed E-state index contributed by atoms with van der Waals surface area (Å²) in [6, 6.07) is 26.1. The number of carbonyl (C=O) groups excluding carboxylic acids is 2. The van der Waals surface area contributed by atoms with Crippen LogP contribution in [-0.2, 0) is 25.5 Å². The number of aromatic hydroxyl groups is 1. The van der Waals surface area contributed by atoms with Crippen molar-refractivity contribution in [2.45, 2.75) is 70.9 Å². The van der Waals surface area contributed by atoms with Gasteiger partial charge < -0.3 is 30.3 Å². The fraction of sp³-hybridized carbons (Fsp3) is 0.429. The number of fused-ring (bicyclic) bond motifs is 1. The molecular weight excluding hydrogens is 713 g/mol. The third kappa shape index (κ3) is 6.50. The number of hydrogen-bond donors (Lipinski definition) is 4. The summed E-state index contributed by atoms with van der Waals surface area (Å²) in [5, 5.41) is 28.4. The van der Waals surface area contributed by atoms with Gasteiger partial charge in [-0.1, -0.05) is 73.7 Å². The van der Waals surface area contributed by atoms with Gasteiger partial charge in [-0.15, -0.1) is 0 Å². The van der Waals surface area contributed by atoms with E-state index in [1.54, 1.807) is 6.07 Å². The fourth-order valence-corrected chi connectivity index (χ4v) is 11.6. The molecule has 4 aliphatic carbocycles. The number of phenols is 1. The van der Waals surface area contributed by atoms with E-state index in [1.807, 2.05) is 43.4 Å². The minimum Gasteiger partial charge on any atom is -0.508 e. The number of cyclic esters (lactones) is 2. The maximum atomic E-state index is 14.7. The van der Waals surface area contributed by atoms with Crippen molar-refractivity contribution in [3.8, 4) is 16.9 Å². The van der Waals surface area contributed by atoms with Gasteiger partial charge >= 0.3 is 11.9 Å². The normalized spacial score (nSPS) is 30.3. The number of benzene rings is 3. The van der Waals surface area contributed by atoms with E-state index in [0.29, 0.717) is 47.8 Å². The predicted molar refractivity (Wildman–Crippen MR) is 220 cm³/mol. The van der Waals surface area contributed by atoms with Crippen LogP contribution in [0.4, 0.5) is 0 Å². The molecule has 0 radical (unpaired) electrons. The number of hydrogen-bond acceptors (Lipinski definition) is 8. The molecule has 0 unspecified atom stereocenters. The van der Waals surface area contributed by atoms with Crippen LogP contribution in [0.3, 0.4) is 0 Å². The number of ether oxygens (including phenoxy) is 2. The van der Waals surface area contributed by atoms with Crippen molar-refractivity contribution >= 4 is 17.5 Å². The average molecular weight is 767 g/mol. The maximum absolute atomic E-state index is 14.7. The van der Waals surface area contributed by atoms with Crippen molar-refractivity contribution in [3.63, 3.8) is 0 Å². The summed E-state index contributed by atoms with van der Waals surface area (Å²) in [5.41, 5.74) is 6.47. The number of carbonyl (C=O) groups is 2. The van der Waals surface area contributed by atoms with Crippen LogP contribution in [-0.4, -0.2) is 48.5 Å². The number of aliphatic hydroxyl groups is 1. The Hall–Kier alpha value is -4.76. The molecule has 0 amide bonds. The number of phenolic OH excluding ortho intramolecular Hbond substituents is 1. The number of aliphatic hydroxyl groups excluding tert-OH is 1. The molecule has 2 saturated heterocycles. The van der Waals surface area contributed by atoms with E-state index in [1.165, 1.54) is 5.56 Å². The van der Waals surface area contributed by atoms with E-state index in [2.05, 4.69) is 66.1 Å². The monoisotopic (exact) mass is 766 g/mol. The van der Waals surface area contributed by atoms with Crippen LogP contribution in [0.2, 0.25) is 0 Å². The zero-order chi connectivity index (χ0) is 39.3. The molecule has 10 rings (SSSR count). The number of rotatable bonds is 11. The Bertz CT molecular complexity index is 2170. The summed E-state index contributed by atoms with van der Waals surface area (Å²) in [5.74, 6) is 1.07. The smallest absolute Gasteiger partial charge is 0.340 e. The molecule has 3 heterocycles. The summed E-state index contributed by atoms with van der Waals surface area (Å²) >= 11 is 0. The molecule has 1 saturated carbocycles. The summed E-state index contributed by atoms with van der Waals surface area (Å²) in [6.07, 6.45) is 11.8. The van der Waals surface area contributed by atoms with Crippen molar-refractivity contribution in [1.82, 2.24) is 10.6 Å². The van der Waals surface area contributed by atoms with E-state index in [0.717, 1.165) is 72.9 Å². The molecule has 7 aliphatic rings. The summed E-state index contributed by atoms with van der Waals surface area (Å²) in [4.78, 5) is 29.1. The van der Waals surface area contributed by atoms with Gasteiger partial charge in [-0.05, 0) is 153 Å². The lowest BCUT2D eigenvalue weighted by Gasteiger charge is -2.56. The number of nitrogens with one attached hydrogen (secondary N) is 2. The molecule has 3 aromatic carbocycles. The lowest BCUT2D eigenvalue weighted by atomic mass is 9.44. The molecular formula is C49H54N2O6. The van der Waals surface area contributed by atoms with Gasteiger partial charge in [0, 0.05) is 23.7 Å². The molecule has 1 spiro atoms. The molecule has 8 heteroatoms. The lowest BCUT2D eigenvalue weighted by Crippen LogP contribution is -2.52. The number of esters is 2. The summed E-state index contributed by atoms with van der Waals surface area (Å²) in [7, 11) is 1.96. The average Bonchev–Trinajstić information content (AvgIpc) is 3.73. The van der Waals surface area contributed by atoms with Crippen LogP contribution < -0.4 is 10.6 Å². The van der Waals surface area contributed by atoms with E-state index < -0.39 is 5.41 Å². The Balaban J connectivity index is 1.18. The quantitative estimate of drug-likeness (QED) is 0.144. The fourth-order valence-electron chi connectivity index (χ4n) is 11.6. The van der Waals surface area contributed by atoms with Gasteiger partial charge in [0.25, 0.3) is 0 Å². The second kappa shape index (κ2) is 15.5. The van der Waals surface area contributed by atoms with E-state index in [9.17, 15) is 19.8 Å². The Kier molecular flexibility index (Phi) is 10.3. The standard InChI is InChI=1S/C49H54N2O6/c1-3-29(24-30-10-6-4-7-11-30)25-41-49-22-20-36(43(46(49)48(55)57-41)39-27-34(53)15-16-35(39)31-12-8-5-9-13-31)37-17-18-38-40(56-47(54)44(38)45(37)49)19-14-33(28-52)32-21-23-51-42(26-32)50-2/h4-13,15-16,19,25,27,29,32-33,36-37,42,45,50-53H,3,14,17-18,20-24,26,28H2,1-2H3/t29-,32-,33+,36+,37+,42-,45+,49+/m0/s1. The Morgan fingerprint density at radius 1 is 0.947 bits per heavy atom. The van der Waals surface area contributed by atoms with Crippen LogP contribution >= 0.6 is 0 Å². The first-order chi connectivity index (χ1) is 27.8. The molecule has 3 aromatic rings. The van der Waals surface area contributed by atoms with Crippen LogP contribution in [0.5, 0.6) is 5.75 Å². The van der Waals surface area contributed by atoms with Gasteiger partial charge in [0.2, 0.25) is 0 Å². The van der Waals surface area contributed by atoms with Gasteiger partial charge in [-0.2, -0.15) is 0 Å². The number of piperidine rings is 1. The van der Waals surface area contributed by atoms with Crippen molar-refractivity contribution in [3.05, 3.63) is 130 Å². The first-order valence-electron chi connectivity index (χ1n) is 21.1. The SMILES string of the molecule is CC[C@H](C=C1OC(=O)C2=C(c3cc(O)ccc3-c3ccccc3)[C@@H]3CC[C@]12[C@H]1C2=C(CC[C@H]31)C(=CC[C@H](CO)[C@H]1CCN[C@H](NC)C1)OC2=O)Cc1ccccc1. The van der Waals surface area contributed by atoms with Gasteiger partial charge in [-0.25, -0.2) is 9.59 Å². The summed E-state index contributed by atoms with van der Waals surface area (Å²) in [6.45, 7) is 3.15. The van der Waals surface area contributed by atoms with Crippen LogP contribution in [0, 0.1) is 40.9 Å². The molecule has 3 fully saturated rings. The third-order valence-electron chi connectivity index (χ3n) is 14.3. The zero-order valence-corrected chi connectivity index (χ0v) is 33.0. The molecule has 0 aromatic heterocycles. The van der Waals surface area contributed by atoms with Gasteiger partial charge in [0.15, 0.2) is 0 Å². The Morgan fingerprint density at radius 2 is 1.74 bits per heavy atom. The molecule has 57 heavy (non-hydrogen) atoms. The highest BCUT2D eigenvalue weighted by Gasteiger charge is 2.68. The Labute approximate surface area is 335 Å². The maximum Gasteiger partial charge on any atom is 0.340 e. The second-order valence-corrected chi connectivity index (χ2v) is 17.1. The van der Waals surface area contributed by atoms with Gasteiger partial charge in [0.05, 0.1) is 17.2 Å². The molecule has 8 nitrogen and oxygen atoms in total. The van der Waals surface area contributed by atoms with Crippen LogP contribution in [0.15, 0.2) is 119 Å². The third-order valence-corrected chi connectivity index (χ3v) is 14.3. The van der Waals surface area contributed by atoms with E-state index >= 15 is 0 Å². The topological polar surface area (TPSA) is 117 Å². The van der Waals surface area contributed by atoms with Crippen LogP contribution in [0.1, 0.15) is 69.4 Å². The minimum absolute atomic E-state index is 0.0111. The van der Waals surface area contributed by atoms with E-state index in [-0.39, 0.29) is 60.1 Å². The Morgan fingerprint density at radius 3 is 2.49 bits per heavy atom. The predicted octanol–water partition coefficient (Wildman–Crippen LogP) is 8.24. The number of allylic oxidation sites excluding steroid dienone is 5. The van der Waals surface area contributed by atoms with Crippen LogP contribution in [0.25, 0.3) is 16.7 Å². The van der Waals surface area contributed by atoms with Gasteiger partial charge in [-0.3, -0.25) is 0 Å². The first kappa shape index (κ1) is 37.8. The first-order valence-corrected chi connectivity index (χ1v) is 21.1. The largest absolute Gasteiger partial charge is 0.508 e. The molecule has 2 bridgehead atoms. The molecule has 8 atom stereocenters.